The highest BCUT2D eigenvalue weighted by Gasteiger charge is 2.42. The monoisotopic (exact) mass is 544 g/mol. The molecule has 2 unspecified atom stereocenters. The maximum absolute atomic E-state index is 13.9. The number of ether oxygens (including phenoxy) is 1. The lowest BCUT2D eigenvalue weighted by Crippen LogP contribution is -2.50. The second kappa shape index (κ2) is 11.9. The van der Waals surface area contributed by atoms with Gasteiger partial charge in [0.1, 0.15) is 11.3 Å². The van der Waals surface area contributed by atoms with E-state index in [1.807, 2.05) is 37.3 Å². The van der Waals surface area contributed by atoms with E-state index in [4.69, 9.17) is 4.74 Å². The van der Waals surface area contributed by atoms with Crippen molar-refractivity contribution in [3.05, 3.63) is 59.2 Å². The minimum atomic E-state index is -3.69. The zero-order valence-electron chi connectivity index (χ0n) is 23.0. The number of carbonyl (C=O) groups is 2. The van der Waals surface area contributed by atoms with Crippen LogP contribution in [0.5, 0.6) is 5.75 Å². The Morgan fingerprint density at radius 3 is 2.45 bits per heavy atom. The Balaban J connectivity index is 2.08. The van der Waals surface area contributed by atoms with Crippen LogP contribution >= 0.6 is 0 Å². The SMILES string of the molecule is CCCCC1(CC)CS(=O)(=O)c2cc(CCC(=O)NC(C)(C)C(=O)O)c(OC)cc2C(c2ccccc2)N1. The topological polar surface area (TPSA) is 122 Å². The summed E-state index contributed by atoms with van der Waals surface area (Å²) in [5.74, 6) is -1.11. The molecule has 0 aliphatic carbocycles. The van der Waals surface area contributed by atoms with Gasteiger partial charge in [-0.3, -0.25) is 10.1 Å². The molecule has 0 aromatic heterocycles. The van der Waals surface area contributed by atoms with Crippen LogP contribution < -0.4 is 15.4 Å². The lowest BCUT2D eigenvalue weighted by Gasteiger charge is -2.36. The minimum absolute atomic E-state index is 0.0122. The van der Waals surface area contributed by atoms with Crippen molar-refractivity contribution in [2.45, 2.75) is 88.2 Å². The molecule has 0 fully saturated rings. The smallest absolute Gasteiger partial charge is 0.328 e. The zero-order chi connectivity index (χ0) is 28.1. The fourth-order valence-corrected chi connectivity index (χ4v) is 7.20. The van der Waals surface area contributed by atoms with E-state index in [0.717, 1.165) is 24.8 Å². The summed E-state index contributed by atoms with van der Waals surface area (Å²) < 4.78 is 33.5. The van der Waals surface area contributed by atoms with E-state index in [0.29, 0.717) is 23.3 Å². The summed E-state index contributed by atoms with van der Waals surface area (Å²) in [5, 5.41) is 15.6. The van der Waals surface area contributed by atoms with E-state index < -0.39 is 32.8 Å². The van der Waals surface area contributed by atoms with E-state index in [-0.39, 0.29) is 29.5 Å². The number of aliphatic carboxylic acids is 1. The maximum atomic E-state index is 13.9. The van der Waals surface area contributed by atoms with Crippen molar-refractivity contribution >= 4 is 21.7 Å². The molecule has 0 radical (unpaired) electrons. The summed E-state index contributed by atoms with van der Waals surface area (Å²) in [7, 11) is -2.17. The van der Waals surface area contributed by atoms with Crippen LogP contribution in [0.25, 0.3) is 0 Å². The molecule has 0 spiro atoms. The van der Waals surface area contributed by atoms with E-state index >= 15 is 0 Å². The van der Waals surface area contributed by atoms with Crippen LogP contribution in [0.3, 0.4) is 0 Å². The molecule has 0 saturated heterocycles. The highest BCUT2D eigenvalue weighted by Crippen LogP contribution is 2.41. The van der Waals surface area contributed by atoms with Crippen molar-refractivity contribution in [3.8, 4) is 5.75 Å². The first-order chi connectivity index (χ1) is 17.9. The number of rotatable bonds is 11. The van der Waals surface area contributed by atoms with Crippen molar-refractivity contribution < 1.29 is 27.9 Å². The zero-order valence-corrected chi connectivity index (χ0v) is 23.8. The van der Waals surface area contributed by atoms with Gasteiger partial charge in [-0.15, -0.1) is 0 Å². The molecule has 1 amide bonds. The van der Waals surface area contributed by atoms with Gasteiger partial charge in [0.15, 0.2) is 9.84 Å². The Morgan fingerprint density at radius 1 is 1.18 bits per heavy atom. The van der Waals surface area contributed by atoms with Gasteiger partial charge < -0.3 is 15.2 Å². The number of fused-ring (bicyclic) bond motifs is 1. The third-order valence-electron chi connectivity index (χ3n) is 7.40. The fraction of sp³-hybridized carbons (Fsp3) is 0.517. The number of carboxylic acid groups (broad SMARTS) is 1. The molecule has 2 aromatic carbocycles. The first-order valence-electron chi connectivity index (χ1n) is 13.2. The largest absolute Gasteiger partial charge is 0.496 e. The molecule has 9 heteroatoms. The molecule has 1 aliphatic rings. The molecule has 1 aliphatic heterocycles. The fourth-order valence-electron chi connectivity index (χ4n) is 5.03. The van der Waals surface area contributed by atoms with Gasteiger partial charge in [0, 0.05) is 12.0 Å². The van der Waals surface area contributed by atoms with Crippen molar-refractivity contribution in [2.75, 3.05) is 12.9 Å². The number of sulfone groups is 1. The molecule has 2 aromatic rings. The second-order valence-electron chi connectivity index (χ2n) is 10.7. The van der Waals surface area contributed by atoms with Crippen LogP contribution in [0.1, 0.15) is 82.5 Å². The molecular formula is C29H40N2O6S. The summed E-state index contributed by atoms with van der Waals surface area (Å²) in [6, 6.07) is 12.9. The molecule has 0 saturated carbocycles. The van der Waals surface area contributed by atoms with Crippen molar-refractivity contribution in [1.29, 1.82) is 0 Å². The second-order valence-corrected chi connectivity index (χ2v) is 12.6. The molecule has 2 atom stereocenters. The molecule has 1 heterocycles. The standard InChI is InChI=1S/C29H40N2O6S/c1-6-8-16-29(7-2)19-38(35,36)24-17-21(14-15-25(32)30-28(3,4)27(33)34)23(37-5)18-22(24)26(31-29)20-12-10-9-11-13-20/h9-13,17-18,26,31H,6-8,14-16,19H2,1-5H3,(H,30,32)(H,33,34). The number of hydrogen-bond donors (Lipinski definition) is 3. The molecular weight excluding hydrogens is 504 g/mol. The van der Waals surface area contributed by atoms with Gasteiger partial charge in [-0.2, -0.15) is 0 Å². The highest BCUT2D eigenvalue weighted by atomic mass is 32.2. The van der Waals surface area contributed by atoms with Crippen LogP contribution in [0.15, 0.2) is 47.4 Å². The quantitative estimate of drug-likeness (QED) is 0.383. The lowest BCUT2D eigenvalue weighted by molar-refractivity contribution is -0.146. The third kappa shape index (κ3) is 6.56. The Bertz CT molecular complexity index is 1260. The number of methoxy groups -OCH3 is 1. The lowest BCUT2D eigenvalue weighted by atomic mass is 9.87. The van der Waals surface area contributed by atoms with Gasteiger partial charge in [-0.25, -0.2) is 13.2 Å². The molecule has 0 bridgehead atoms. The van der Waals surface area contributed by atoms with Gasteiger partial charge in [-0.1, -0.05) is 57.0 Å². The highest BCUT2D eigenvalue weighted by molar-refractivity contribution is 7.91. The van der Waals surface area contributed by atoms with Gasteiger partial charge >= 0.3 is 5.97 Å². The van der Waals surface area contributed by atoms with Crippen LogP contribution in [0.2, 0.25) is 0 Å². The van der Waals surface area contributed by atoms with Crippen molar-refractivity contribution in [2.24, 2.45) is 0 Å². The first kappa shape index (κ1) is 29.6. The number of benzene rings is 2. The van der Waals surface area contributed by atoms with E-state index in [9.17, 15) is 23.1 Å². The van der Waals surface area contributed by atoms with Gasteiger partial charge in [-0.05, 0) is 61.9 Å². The number of aryl methyl sites for hydroxylation is 1. The van der Waals surface area contributed by atoms with Gasteiger partial charge in [0.05, 0.1) is 23.8 Å². The maximum Gasteiger partial charge on any atom is 0.328 e. The number of hydrogen-bond acceptors (Lipinski definition) is 6. The van der Waals surface area contributed by atoms with Crippen LogP contribution in [0.4, 0.5) is 0 Å². The summed E-state index contributed by atoms with van der Waals surface area (Å²) in [6.45, 7) is 6.96. The number of unbranched alkanes of at least 4 members (excludes halogenated alkanes) is 1. The van der Waals surface area contributed by atoms with Crippen LogP contribution in [0, 0.1) is 0 Å². The Labute approximate surface area is 226 Å². The van der Waals surface area contributed by atoms with E-state index in [1.54, 1.807) is 12.1 Å². The summed E-state index contributed by atoms with van der Waals surface area (Å²) >= 11 is 0. The van der Waals surface area contributed by atoms with E-state index in [2.05, 4.69) is 17.6 Å². The average molecular weight is 545 g/mol. The Hall–Kier alpha value is -2.91. The average Bonchev–Trinajstić information content (AvgIpc) is 2.97. The van der Waals surface area contributed by atoms with E-state index in [1.165, 1.54) is 21.0 Å². The van der Waals surface area contributed by atoms with Gasteiger partial charge in [0.25, 0.3) is 0 Å². The summed E-state index contributed by atoms with van der Waals surface area (Å²) in [4.78, 5) is 24.1. The number of amides is 1. The van der Waals surface area contributed by atoms with Crippen LogP contribution in [-0.2, 0) is 25.8 Å². The summed E-state index contributed by atoms with van der Waals surface area (Å²) in [5.41, 5.74) is 0.173. The molecule has 38 heavy (non-hydrogen) atoms. The Morgan fingerprint density at radius 2 is 1.87 bits per heavy atom. The van der Waals surface area contributed by atoms with Crippen molar-refractivity contribution in [3.63, 3.8) is 0 Å². The predicted molar refractivity (Wildman–Crippen MR) is 147 cm³/mol. The van der Waals surface area contributed by atoms with Crippen molar-refractivity contribution in [1.82, 2.24) is 10.6 Å². The first-order valence-corrected chi connectivity index (χ1v) is 14.8. The minimum Gasteiger partial charge on any atom is -0.496 e. The molecule has 3 rings (SSSR count). The normalized spacial score (nSPS) is 20.7. The molecule has 8 nitrogen and oxygen atoms in total. The predicted octanol–water partition coefficient (Wildman–Crippen LogP) is 4.41. The Kier molecular flexibility index (Phi) is 9.26. The molecule has 3 N–H and O–H groups in total. The number of carboxylic acids is 1. The third-order valence-corrected chi connectivity index (χ3v) is 9.36. The van der Waals surface area contributed by atoms with Crippen LogP contribution in [-0.4, -0.2) is 49.3 Å². The van der Waals surface area contributed by atoms with Gasteiger partial charge in [0.2, 0.25) is 5.91 Å². The molecule has 208 valence electrons. The number of carbonyl (C=O) groups excluding carboxylic acids is 1. The summed E-state index contributed by atoms with van der Waals surface area (Å²) in [6.07, 6.45) is 3.45. The number of nitrogens with one attached hydrogen (secondary N) is 2.